The summed E-state index contributed by atoms with van der Waals surface area (Å²) >= 11 is 6.62. The number of aliphatic carboxylic acids is 1. The number of benzene rings is 2. The van der Waals surface area contributed by atoms with Crippen molar-refractivity contribution in [2.75, 3.05) is 7.11 Å². The van der Waals surface area contributed by atoms with Crippen LogP contribution >= 0.6 is 11.6 Å². The fourth-order valence-electron chi connectivity index (χ4n) is 7.12. The van der Waals surface area contributed by atoms with Gasteiger partial charge in [0, 0.05) is 22.6 Å². The number of hydrogen-bond donors (Lipinski definition) is 1. The number of carbonyl (C=O) groups is 1. The molecule has 204 valence electrons. The van der Waals surface area contributed by atoms with Crippen molar-refractivity contribution in [2.45, 2.75) is 70.3 Å². The molecule has 2 saturated carbocycles. The Morgan fingerprint density at radius 1 is 1.18 bits per heavy atom. The standard InChI is InChI=1S/C32H33ClFNO4/c1-31(2)13-4-5-22(31)21-15-18(6-8-20(21)29-24(33)9-11-26(35-29)38-3)17-39-25-10-7-19-12-14-32(27(19)28(25)34)16-23(32)30(36)37/h6-11,15,22-23H,4-5,12-14,16-17H2,1-3H3,(H,36,37)/t22-,23?,32?/m0/s1. The van der Waals surface area contributed by atoms with Gasteiger partial charge in [-0.25, -0.2) is 9.37 Å². The highest BCUT2D eigenvalue weighted by Gasteiger charge is 2.63. The smallest absolute Gasteiger partial charge is 0.307 e. The van der Waals surface area contributed by atoms with Crippen molar-refractivity contribution in [2.24, 2.45) is 11.3 Å². The van der Waals surface area contributed by atoms with E-state index < -0.39 is 23.1 Å². The molecule has 5 nitrogen and oxygen atoms in total. The minimum absolute atomic E-state index is 0.116. The van der Waals surface area contributed by atoms with Gasteiger partial charge in [-0.15, -0.1) is 0 Å². The van der Waals surface area contributed by atoms with Gasteiger partial charge >= 0.3 is 5.97 Å². The Bertz CT molecular complexity index is 1470. The maximum atomic E-state index is 15.7. The van der Waals surface area contributed by atoms with Crippen LogP contribution in [0, 0.1) is 17.2 Å². The number of hydrogen-bond acceptors (Lipinski definition) is 4. The van der Waals surface area contributed by atoms with Gasteiger partial charge in [0.1, 0.15) is 6.61 Å². The van der Waals surface area contributed by atoms with Crippen LogP contribution in [0.15, 0.2) is 42.5 Å². The molecule has 0 bridgehead atoms. The summed E-state index contributed by atoms with van der Waals surface area (Å²) < 4.78 is 27.2. The van der Waals surface area contributed by atoms with E-state index in [-0.39, 0.29) is 17.8 Å². The molecular formula is C32H33ClFNO4. The van der Waals surface area contributed by atoms with Gasteiger partial charge in [0.2, 0.25) is 5.88 Å². The van der Waals surface area contributed by atoms with E-state index in [0.29, 0.717) is 47.3 Å². The van der Waals surface area contributed by atoms with Gasteiger partial charge < -0.3 is 14.6 Å². The van der Waals surface area contributed by atoms with E-state index in [4.69, 9.17) is 21.1 Å². The molecule has 1 aromatic heterocycles. The highest BCUT2D eigenvalue weighted by Crippen LogP contribution is 2.63. The zero-order chi connectivity index (χ0) is 27.5. The van der Waals surface area contributed by atoms with E-state index in [1.807, 2.05) is 24.3 Å². The van der Waals surface area contributed by atoms with Crippen LogP contribution in [-0.4, -0.2) is 23.2 Å². The number of fused-ring (bicyclic) bond motifs is 2. The van der Waals surface area contributed by atoms with Crippen molar-refractivity contribution < 1.29 is 23.8 Å². The number of ether oxygens (including phenoxy) is 2. The average Bonchev–Trinajstić information content (AvgIpc) is 3.36. The summed E-state index contributed by atoms with van der Waals surface area (Å²) in [5.41, 5.74) is 4.75. The van der Waals surface area contributed by atoms with Crippen molar-refractivity contribution >= 4 is 17.6 Å². The van der Waals surface area contributed by atoms with Crippen molar-refractivity contribution in [3.8, 4) is 22.9 Å². The monoisotopic (exact) mass is 549 g/mol. The molecule has 3 aromatic rings. The SMILES string of the molecule is COc1ccc(Cl)c(-c2ccc(COc3ccc4c(c3F)C3(CC4)CC3C(=O)O)cc2[C@@H]2CCCC2(C)C)n1. The quantitative estimate of drug-likeness (QED) is 0.327. The molecule has 1 N–H and O–H groups in total. The minimum atomic E-state index is -0.846. The Balaban J connectivity index is 1.33. The van der Waals surface area contributed by atoms with E-state index in [2.05, 4.69) is 24.9 Å². The molecule has 3 aliphatic carbocycles. The van der Waals surface area contributed by atoms with E-state index in [0.717, 1.165) is 41.5 Å². The number of pyridine rings is 1. The molecule has 3 atom stereocenters. The van der Waals surface area contributed by atoms with Crippen molar-refractivity contribution in [1.29, 1.82) is 0 Å². The summed E-state index contributed by atoms with van der Waals surface area (Å²) in [6, 6.07) is 13.3. The molecule has 3 aliphatic rings. The zero-order valence-electron chi connectivity index (χ0n) is 22.5. The third-order valence-corrected chi connectivity index (χ3v) is 9.64. The third kappa shape index (κ3) is 4.37. The van der Waals surface area contributed by atoms with Gasteiger partial charge in [-0.3, -0.25) is 4.79 Å². The van der Waals surface area contributed by atoms with Gasteiger partial charge in [0.15, 0.2) is 11.6 Å². The van der Waals surface area contributed by atoms with Gasteiger partial charge in [-0.05, 0) is 72.3 Å². The second-order valence-electron chi connectivity index (χ2n) is 12.0. The van der Waals surface area contributed by atoms with Crippen LogP contribution in [0.4, 0.5) is 4.39 Å². The maximum Gasteiger partial charge on any atom is 0.307 e. The van der Waals surface area contributed by atoms with Crippen LogP contribution in [0.5, 0.6) is 11.6 Å². The predicted octanol–water partition coefficient (Wildman–Crippen LogP) is 7.71. The van der Waals surface area contributed by atoms with Gasteiger partial charge in [0.05, 0.1) is 23.7 Å². The van der Waals surface area contributed by atoms with E-state index in [9.17, 15) is 9.90 Å². The minimum Gasteiger partial charge on any atom is -0.486 e. The second-order valence-corrected chi connectivity index (χ2v) is 12.4. The summed E-state index contributed by atoms with van der Waals surface area (Å²) in [4.78, 5) is 16.3. The first-order valence-electron chi connectivity index (χ1n) is 13.7. The summed E-state index contributed by atoms with van der Waals surface area (Å²) in [5.74, 6) is -0.766. The number of carboxylic acid groups (broad SMARTS) is 1. The number of rotatable bonds is 7. The van der Waals surface area contributed by atoms with Crippen LogP contribution in [-0.2, 0) is 23.2 Å². The molecule has 2 fully saturated rings. The fourth-order valence-corrected chi connectivity index (χ4v) is 7.32. The Morgan fingerprint density at radius 3 is 2.69 bits per heavy atom. The van der Waals surface area contributed by atoms with Crippen LogP contribution in [0.25, 0.3) is 11.3 Å². The lowest BCUT2D eigenvalue weighted by molar-refractivity contribution is -0.139. The molecule has 1 spiro atoms. The van der Waals surface area contributed by atoms with Crippen molar-refractivity contribution in [3.63, 3.8) is 0 Å². The Morgan fingerprint density at radius 2 is 2.00 bits per heavy atom. The number of carboxylic acids is 1. The topological polar surface area (TPSA) is 68.7 Å². The van der Waals surface area contributed by atoms with Crippen LogP contribution in [0.3, 0.4) is 0 Å². The molecule has 6 rings (SSSR count). The number of aryl methyl sites for hydroxylation is 1. The molecule has 1 heterocycles. The second kappa shape index (κ2) is 9.51. The highest BCUT2D eigenvalue weighted by atomic mass is 35.5. The van der Waals surface area contributed by atoms with Gasteiger partial charge in [-0.1, -0.05) is 56.1 Å². The zero-order valence-corrected chi connectivity index (χ0v) is 23.3. The lowest BCUT2D eigenvalue weighted by Crippen LogP contribution is -2.17. The first-order valence-corrected chi connectivity index (χ1v) is 14.0. The third-order valence-electron chi connectivity index (χ3n) is 9.33. The Kier molecular flexibility index (Phi) is 6.37. The number of aromatic nitrogens is 1. The largest absolute Gasteiger partial charge is 0.486 e. The molecule has 0 saturated heterocycles. The first kappa shape index (κ1) is 26.1. The van der Waals surface area contributed by atoms with E-state index >= 15 is 4.39 Å². The van der Waals surface area contributed by atoms with Gasteiger partial charge in [0.25, 0.3) is 0 Å². The van der Waals surface area contributed by atoms with E-state index in [1.54, 1.807) is 19.2 Å². The molecule has 0 aliphatic heterocycles. The molecule has 2 unspecified atom stereocenters. The highest BCUT2D eigenvalue weighted by molar-refractivity contribution is 6.33. The van der Waals surface area contributed by atoms with Crippen LogP contribution in [0.1, 0.15) is 74.1 Å². The summed E-state index contributed by atoms with van der Waals surface area (Å²) in [6.45, 7) is 4.80. The number of methoxy groups -OCH3 is 1. The molecule has 0 amide bonds. The van der Waals surface area contributed by atoms with E-state index in [1.165, 1.54) is 0 Å². The Labute approximate surface area is 233 Å². The molecule has 7 heteroatoms. The fraction of sp³-hybridized carbons (Fsp3) is 0.438. The van der Waals surface area contributed by atoms with Crippen LogP contribution in [0.2, 0.25) is 5.02 Å². The average molecular weight is 550 g/mol. The Hall–Kier alpha value is -3.12. The first-order chi connectivity index (χ1) is 18.6. The van der Waals surface area contributed by atoms with Crippen molar-refractivity contribution in [1.82, 2.24) is 4.98 Å². The molecule has 2 aromatic carbocycles. The molecular weight excluding hydrogens is 517 g/mol. The van der Waals surface area contributed by atoms with Crippen molar-refractivity contribution in [3.05, 3.63) is 75.6 Å². The van der Waals surface area contributed by atoms with Crippen LogP contribution < -0.4 is 9.47 Å². The number of halogens is 2. The summed E-state index contributed by atoms with van der Waals surface area (Å²) in [6.07, 6.45) is 5.24. The molecule has 0 radical (unpaired) electrons. The summed E-state index contributed by atoms with van der Waals surface area (Å²) in [7, 11) is 1.59. The lowest BCUT2D eigenvalue weighted by atomic mass is 9.75. The van der Waals surface area contributed by atoms with Gasteiger partial charge in [-0.2, -0.15) is 0 Å². The maximum absolute atomic E-state index is 15.7. The number of nitrogens with zero attached hydrogens (tertiary/aromatic N) is 1. The summed E-state index contributed by atoms with van der Waals surface area (Å²) in [5, 5.41) is 10.1. The molecule has 39 heavy (non-hydrogen) atoms. The normalized spacial score (nSPS) is 24.5. The lowest BCUT2D eigenvalue weighted by Gasteiger charge is -2.29. The predicted molar refractivity (Wildman–Crippen MR) is 148 cm³/mol.